The van der Waals surface area contributed by atoms with Gasteiger partial charge in [0.1, 0.15) is 0 Å². The number of anilines is 1. The van der Waals surface area contributed by atoms with Crippen LogP contribution in [-0.2, 0) is 26.4 Å². The van der Waals surface area contributed by atoms with Crippen molar-refractivity contribution in [2.24, 2.45) is 5.73 Å². The van der Waals surface area contributed by atoms with E-state index in [0.29, 0.717) is 11.6 Å². The van der Waals surface area contributed by atoms with Crippen molar-refractivity contribution < 1.29 is 26.4 Å². The molecule has 27 heavy (non-hydrogen) atoms. The lowest BCUT2D eigenvalue weighted by atomic mass is 9.78. The summed E-state index contributed by atoms with van der Waals surface area (Å²) in [5.41, 5.74) is 3.81. The number of hydrogen-bond acceptors (Lipinski definition) is 3. The number of fused-ring (bicyclic) bond motifs is 1. The minimum absolute atomic E-state index is 0.226. The fraction of sp³-hybridized carbons (Fsp3) is 0.278. The lowest BCUT2D eigenvalue weighted by molar-refractivity contribution is -0.137. The molecule has 0 bridgehead atoms. The number of primary amides is 1. The monoisotopic (exact) mass is 398 g/mol. The smallest absolute Gasteiger partial charge is 0.369 e. The van der Waals surface area contributed by atoms with Crippen LogP contribution in [0.2, 0.25) is 0 Å². The first-order valence-corrected chi connectivity index (χ1v) is 9.47. The van der Waals surface area contributed by atoms with Gasteiger partial charge in [0.2, 0.25) is 5.91 Å². The van der Waals surface area contributed by atoms with Crippen molar-refractivity contribution in [3.8, 4) is 0 Å². The van der Waals surface area contributed by atoms with Crippen molar-refractivity contribution in [2.75, 3.05) is 4.31 Å². The van der Waals surface area contributed by atoms with Crippen LogP contribution in [0.4, 0.5) is 18.9 Å². The Balaban J connectivity index is 2.20. The summed E-state index contributed by atoms with van der Waals surface area (Å²) >= 11 is 0. The highest BCUT2D eigenvalue weighted by molar-refractivity contribution is 7.92. The van der Waals surface area contributed by atoms with E-state index in [1.807, 2.05) is 0 Å². The third-order valence-corrected chi connectivity index (χ3v) is 7.00. The van der Waals surface area contributed by atoms with Gasteiger partial charge in [0, 0.05) is 0 Å². The number of amides is 1. The lowest BCUT2D eigenvalue weighted by Gasteiger charge is -2.31. The molecule has 9 heteroatoms. The van der Waals surface area contributed by atoms with Gasteiger partial charge in [-0.1, -0.05) is 24.3 Å². The molecule has 5 nitrogen and oxygen atoms in total. The molecule has 1 heterocycles. The summed E-state index contributed by atoms with van der Waals surface area (Å²) in [6, 6.07) is 8.95. The average molecular weight is 398 g/mol. The van der Waals surface area contributed by atoms with Gasteiger partial charge >= 0.3 is 6.18 Å². The largest absolute Gasteiger partial charge is 0.416 e. The number of carbonyl (C=O) groups is 1. The molecule has 2 aromatic rings. The van der Waals surface area contributed by atoms with Gasteiger partial charge in [0.05, 0.1) is 27.6 Å². The molecule has 0 aromatic heterocycles. The molecule has 0 aliphatic carbocycles. The Kier molecular flexibility index (Phi) is 4.26. The second-order valence-corrected chi connectivity index (χ2v) is 8.40. The van der Waals surface area contributed by atoms with Crippen LogP contribution >= 0.6 is 0 Å². The molecular formula is C18H17F3N2O3S. The van der Waals surface area contributed by atoms with Crippen LogP contribution in [0.25, 0.3) is 0 Å². The lowest BCUT2D eigenvalue weighted by Crippen LogP contribution is -2.50. The van der Waals surface area contributed by atoms with Crippen molar-refractivity contribution in [3.05, 3.63) is 59.7 Å². The van der Waals surface area contributed by atoms with Crippen molar-refractivity contribution >= 4 is 21.6 Å². The van der Waals surface area contributed by atoms with Crippen molar-refractivity contribution in [3.63, 3.8) is 0 Å². The standard InChI is InChI=1S/C18H17F3N2O3S/c1-11-17(2,16(22)24)14-8-3-4-9-15(14)23(11)27(25,26)13-7-5-6-12(10-13)18(19,20)21/h3-11H,1-2H3,(H2,22,24). The fourth-order valence-electron chi connectivity index (χ4n) is 3.40. The maximum atomic E-state index is 13.2. The summed E-state index contributed by atoms with van der Waals surface area (Å²) in [5, 5.41) is 0. The molecule has 0 spiro atoms. The van der Waals surface area contributed by atoms with Crippen LogP contribution in [0.15, 0.2) is 53.4 Å². The number of nitrogens with two attached hydrogens (primary N) is 1. The Labute approximate surface area is 154 Å². The van der Waals surface area contributed by atoms with E-state index in [0.717, 1.165) is 22.5 Å². The first-order valence-electron chi connectivity index (χ1n) is 8.03. The molecule has 0 saturated carbocycles. The van der Waals surface area contributed by atoms with Crippen LogP contribution in [-0.4, -0.2) is 20.4 Å². The van der Waals surface area contributed by atoms with Crippen molar-refractivity contribution in [2.45, 2.75) is 36.4 Å². The second-order valence-electron chi connectivity index (χ2n) is 6.59. The summed E-state index contributed by atoms with van der Waals surface area (Å²) in [4.78, 5) is 11.6. The minimum Gasteiger partial charge on any atom is -0.369 e. The van der Waals surface area contributed by atoms with E-state index in [-0.39, 0.29) is 5.69 Å². The van der Waals surface area contributed by atoms with Gasteiger partial charge in [-0.2, -0.15) is 13.2 Å². The van der Waals surface area contributed by atoms with Crippen LogP contribution < -0.4 is 10.0 Å². The first kappa shape index (κ1) is 19.2. The number of sulfonamides is 1. The predicted octanol–water partition coefficient (Wildman–Crippen LogP) is 3.05. The normalized spacial score (nSPS) is 22.6. The first-order chi connectivity index (χ1) is 12.4. The number of benzene rings is 2. The Morgan fingerprint density at radius 2 is 1.78 bits per heavy atom. The van der Waals surface area contributed by atoms with Crippen LogP contribution in [0, 0.1) is 0 Å². The zero-order valence-corrected chi connectivity index (χ0v) is 15.3. The van der Waals surface area contributed by atoms with Crippen molar-refractivity contribution in [1.29, 1.82) is 0 Å². The second kappa shape index (κ2) is 5.98. The number of para-hydroxylation sites is 1. The van der Waals surface area contributed by atoms with E-state index in [4.69, 9.17) is 5.73 Å². The SMILES string of the molecule is CC1N(S(=O)(=O)c2cccc(C(F)(F)F)c2)c2ccccc2C1(C)C(N)=O. The number of rotatable bonds is 3. The van der Waals surface area contributed by atoms with E-state index < -0.39 is 44.0 Å². The van der Waals surface area contributed by atoms with Gasteiger partial charge in [-0.3, -0.25) is 9.10 Å². The summed E-state index contributed by atoms with van der Waals surface area (Å²) in [6.45, 7) is 3.04. The minimum atomic E-state index is -4.68. The Bertz CT molecular complexity index is 1020. The molecule has 1 aliphatic heterocycles. The highest BCUT2D eigenvalue weighted by atomic mass is 32.2. The van der Waals surface area contributed by atoms with Crippen molar-refractivity contribution in [1.82, 2.24) is 0 Å². The maximum Gasteiger partial charge on any atom is 0.416 e. The molecule has 0 fully saturated rings. The van der Waals surface area contributed by atoms with Crippen LogP contribution in [0.5, 0.6) is 0 Å². The number of hydrogen-bond donors (Lipinski definition) is 1. The zero-order valence-electron chi connectivity index (χ0n) is 14.5. The molecule has 2 unspecified atom stereocenters. The third-order valence-electron chi connectivity index (χ3n) is 5.12. The molecule has 1 aliphatic rings. The highest BCUT2D eigenvalue weighted by Gasteiger charge is 2.53. The summed E-state index contributed by atoms with van der Waals surface area (Å²) < 4.78 is 66.4. The quantitative estimate of drug-likeness (QED) is 0.863. The average Bonchev–Trinajstić information content (AvgIpc) is 2.84. The summed E-state index contributed by atoms with van der Waals surface area (Å²) in [6.07, 6.45) is -4.68. The molecule has 0 saturated heterocycles. The van der Waals surface area contributed by atoms with E-state index in [1.54, 1.807) is 18.2 Å². The number of nitrogens with zero attached hydrogens (tertiary/aromatic N) is 1. The Hall–Kier alpha value is -2.55. The zero-order chi connectivity index (χ0) is 20.2. The van der Waals surface area contributed by atoms with Gasteiger partial charge in [-0.15, -0.1) is 0 Å². The molecule has 144 valence electrons. The van der Waals surface area contributed by atoms with E-state index in [9.17, 15) is 26.4 Å². The Morgan fingerprint density at radius 1 is 1.15 bits per heavy atom. The fourth-order valence-corrected chi connectivity index (χ4v) is 5.19. The summed E-state index contributed by atoms with van der Waals surface area (Å²) in [7, 11) is -4.36. The van der Waals surface area contributed by atoms with E-state index in [1.165, 1.54) is 19.9 Å². The van der Waals surface area contributed by atoms with Gasteiger partial charge < -0.3 is 5.73 Å². The summed E-state index contributed by atoms with van der Waals surface area (Å²) in [5.74, 6) is -0.718. The molecule has 2 atom stereocenters. The molecule has 3 rings (SSSR count). The van der Waals surface area contributed by atoms with Gasteiger partial charge in [-0.25, -0.2) is 8.42 Å². The number of halogens is 3. The van der Waals surface area contributed by atoms with Gasteiger partial charge in [-0.05, 0) is 43.7 Å². The van der Waals surface area contributed by atoms with Gasteiger partial charge in [0.25, 0.3) is 10.0 Å². The van der Waals surface area contributed by atoms with Crippen LogP contribution in [0.3, 0.4) is 0 Å². The molecule has 2 aromatic carbocycles. The maximum absolute atomic E-state index is 13.2. The predicted molar refractivity (Wildman–Crippen MR) is 93.6 cm³/mol. The molecular weight excluding hydrogens is 381 g/mol. The number of alkyl halides is 3. The van der Waals surface area contributed by atoms with E-state index in [2.05, 4.69) is 0 Å². The molecule has 2 N–H and O–H groups in total. The van der Waals surface area contributed by atoms with E-state index >= 15 is 0 Å². The molecule has 1 amide bonds. The topological polar surface area (TPSA) is 80.5 Å². The highest BCUT2D eigenvalue weighted by Crippen LogP contribution is 2.47. The van der Waals surface area contributed by atoms with Gasteiger partial charge in [0.15, 0.2) is 0 Å². The number of carbonyl (C=O) groups excluding carboxylic acids is 1. The molecule has 0 radical (unpaired) electrons. The Morgan fingerprint density at radius 3 is 2.37 bits per heavy atom. The third kappa shape index (κ3) is 2.77. The van der Waals surface area contributed by atoms with Crippen LogP contribution in [0.1, 0.15) is 25.0 Å².